The molecule has 72 valence electrons. The van der Waals surface area contributed by atoms with Crippen molar-refractivity contribution in [2.75, 3.05) is 0 Å². The second kappa shape index (κ2) is 3.32. The number of amides is 1. The van der Waals surface area contributed by atoms with Crippen LogP contribution in [-0.2, 0) is 0 Å². The summed E-state index contributed by atoms with van der Waals surface area (Å²) in [6.45, 7) is 0. The standard InChI is InChI=1S/C9H8ClN3O/c10-6-3-1-2-5-4-7(9(14)13-11)12-8(5)6/h1-4,12H,11H2,(H,13,14). The van der Waals surface area contributed by atoms with Crippen molar-refractivity contribution in [2.24, 2.45) is 5.84 Å². The molecule has 5 heteroatoms. The van der Waals surface area contributed by atoms with Crippen molar-refractivity contribution in [1.29, 1.82) is 0 Å². The highest BCUT2D eigenvalue weighted by atomic mass is 35.5. The molecule has 4 nitrogen and oxygen atoms in total. The fraction of sp³-hybridized carbons (Fsp3) is 0. The normalized spacial score (nSPS) is 10.4. The number of fused-ring (bicyclic) bond motifs is 1. The van der Waals surface area contributed by atoms with Gasteiger partial charge in [-0.05, 0) is 12.1 Å². The predicted molar refractivity (Wildman–Crippen MR) is 55.0 cm³/mol. The van der Waals surface area contributed by atoms with E-state index in [0.717, 1.165) is 10.9 Å². The smallest absolute Gasteiger partial charge is 0.281 e. The summed E-state index contributed by atoms with van der Waals surface area (Å²) >= 11 is 5.92. The molecule has 0 aliphatic carbocycles. The van der Waals surface area contributed by atoms with E-state index in [4.69, 9.17) is 17.4 Å². The van der Waals surface area contributed by atoms with Crippen molar-refractivity contribution in [3.05, 3.63) is 35.0 Å². The topological polar surface area (TPSA) is 70.9 Å². The number of rotatable bonds is 1. The molecule has 1 aromatic carbocycles. The summed E-state index contributed by atoms with van der Waals surface area (Å²) in [5, 5.41) is 1.47. The lowest BCUT2D eigenvalue weighted by Gasteiger charge is -1.93. The van der Waals surface area contributed by atoms with E-state index in [-0.39, 0.29) is 5.91 Å². The molecule has 0 aliphatic heterocycles. The molecule has 1 aromatic heterocycles. The van der Waals surface area contributed by atoms with Crippen molar-refractivity contribution in [2.45, 2.75) is 0 Å². The Kier molecular flexibility index (Phi) is 2.15. The van der Waals surface area contributed by atoms with E-state index >= 15 is 0 Å². The minimum atomic E-state index is -0.364. The van der Waals surface area contributed by atoms with Crippen molar-refractivity contribution in [1.82, 2.24) is 10.4 Å². The number of benzene rings is 1. The number of aromatic amines is 1. The molecule has 0 radical (unpaired) electrons. The molecule has 0 atom stereocenters. The van der Waals surface area contributed by atoms with Crippen LogP contribution in [-0.4, -0.2) is 10.9 Å². The summed E-state index contributed by atoms with van der Waals surface area (Å²) < 4.78 is 0. The fourth-order valence-corrected chi connectivity index (χ4v) is 1.55. The number of aromatic nitrogens is 1. The number of nitrogens with one attached hydrogen (secondary N) is 2. The maximum atomic E-state index is 11.2. The maximum Gasteiger partial charge on any atom is 0.281 e. The Morgan fingerprint density at radius 2 is 2.29 bits per heavy atom. The molecule has 2 aromatic rings. The Hall–Kier alpha value is -1.52. The highest BCUT2D eigenvalue weighted by molar-refractivity contribution is 6.35. The monoisotopic (exact) mass is 209 g/mol. The van der Waals surface area contributed by atoms with Gasteiger partial charge < -0.3 is 4.98 Å². The second-order valence-corrected chi connectivity index (χ2v) is 3.27. The minimum Gasteiger partial charge on any atom is -0.349 e. The third-order valence-electron chi connectivity index (χ3n) is 1.98. The lowest BCUT2D eigenvalue weighted by atomic mass is 10.2. The largest absolute Gasteiger partial charge is 0.349 e. The number of carbonyl (C=O) groups excluding carboxylic acids is 1. The lowest BCUT2D eigenvalue weighted by molar-refractivity contribution is 0.0949. The number of carbonyl (C=O) groups is 1. The van der Waals surface area contributed by atoms with Gasteiger partial charge in [-0.15, -0.1) is 0 Å². The molecule has 0 saturated carbocycles. The molecular weight excluding hydrogens is 202 g/mol. The van der Waals surface area contributed by atoms with Gasteiger partial charge in [0, 0.05) is 5.39 Å². The highest BCUT2D eigenvalue weighted by Crippen LogP contribution is 2.23. The molecule has 0 unspecified atom stereocenters. The number of H-pyrrole nitrogens is 1. The van der Waals surface area contributed by atoms with Gasteiger partial charge in [0.05, 0.1) is 10.5 Å². The molecule has 0 aliphatic rings. The first-order valence-electron chi connectivity index (χ1n) is 4.00. The number of para-hydroxylation sites is 1. The average molecular weight is 210 g/mol. The molecule has 0 bridgehead atoms. The number of hydrogen-bond acceptors (Lipinski definition) is 2. The van der Waals surface area contributed by atoms with Crippen LogP contribution < -0.4 is 11.3 Å². The third-order valence-corrected chi connectivity index (χ3v) is 2.30. The van der Waals surface area contributed by atoms with E-state index in [1.165, 1.54) is 0 Å². The Balaban J connectivity index is 2.62. The molecule has 0 spiro atoms. The summed E-state index contributed by atoms with van der Waals surface area (Å²) in [7, 11) is 0. The van der Waals surface area contributed by atoms with Crippen molar-refractivity contribution in [3.8, 4) is 0 Å². The van der Waals surface area contributed by atoms with Crippen LogP contribution in [0.25, 0.3) is 10.9 Å². The Bertz CT molecular complexity index is 492. The first kappa shape index (κ1) is 9.05. The van der Waals surface area contributed by atoms with Crippen molar-refractivity contribution >= 4 is 28.4 Å². The minimum absolute atomic E-state index is 0.364. The zero-order valence-corrected chi connectivity index (χ0v) is 7.93. The van der Waals surface area contributed by atoms with E-state index in [1.807, 2.05) is 17.6 Å². The molecule has 0 saturated heterocycles. The zero-order chi connectivity index (χ0) is 10.1. The van der Waals surface area contributed by atoms with Gasteiger partial charge in [-0.25, -0.2) is 5.84 Å². The van der Waals surface area contributed by atoms with Gasteiger partial charge in [-0.1, -0.05) is 23.7 Å². The van der Waals surface area contributed by atoms with Crippen LogP contribution in [0.15, 0.2) is 24.3 Å². The number of hydrogen-bond donors (Lipinski definition) is 3. The first-order valence-corrected chi connectivity index (χ1v) is 4.38. The van der Waals surface area contributed by atoms with E-state index in [2.05, 4.69) is 4.98 Å². The first-order chi connectivity index (χ1) is 6.72. The Labute approximate surface area is 85.0 Å². The van der Waals surface area contributed by atoms with E-state index < -0.39 is 0 Å². The van der Waals surface area contributed by atoms with Crippen molar-refractivity contribution in [3.63, 3.8) is 0 Å². The lowest BCUT2D eigenvalue weighted by Crippen LogP contribution is -2.30. The number of halogens is 1. The fourth-order valence-electron chi connectivity index (χ4n) is 1.32. The summed E-state index contributed by atoms with van der Waals surface area (Å²) in [5.74, 6) is 4.65. The van der Waals surface area contributed by atoms with E-state index in [9.17, 15) is 4.79 Å². The van der Waals surface area contributed by atoms with Crippen molar-refractivity contribution < 1.29 is 4.79 Å². The SMILES string of the molecule is NNC(=O)c1cc2cccc(Cl)c2[nH]1. The quantitative estimate of drug-likeness (QED) is 0.378. The van der Waals surface area contributed by atoms with Gasteiger partial charge in [0.25, 0.3) is 5.91 Å². The maximum absolute atomic E-state index is 11.2. The molecule has 2 rings (SSSR count). The third kappa shape index (κ3) is 1.34. The summed E-state index contributed by atoms with van der Waals surface area (Å²) in [4.78, 5) is 14.1. The van der Waals surface area contributed by atoms with Gasteiger partial charge in [0.15, 0.2) is 0 Å². The van der Waals surface area contributed by atoms with Crippen LogP contribution >= 0.6 is 11.6 Å². The molecule has 0 fully saturated rings. The van der Waals surface area contributed by atoms with Crippen LogP contribution in [0.4, 0.5) is 0 Å². The molecular formula is C9H8ClN3O. The Morgan fingerprint density at radius 1 is 1.50 bits per heavy atom. The molecule has 1 heterocycles. The highest BCUT2D eigenvalue weighted by Gasteiger charge is 2.08. The molecule has 14 heavy (non-hydrogen) atoms. The van der Waals surface area contributed by atoms with Gasteiger partial charge in [-0.3, -0.25) is 10.2 Å². The van der Waals surface area contributed by atoms with Crippen LogP contribution in [0, 0.1) is 0 Å². The number of nitrogens with two attached hydrogens (primary N) is 1. The number of nitrogen functional groups attached to an aromatic ring is 1. The van der Waals surface area contributed by atoms with Gasteiger partial charge in [-0.2, -0.15) is 0 Å². The van der Waals surface area contributed by atoms with Crippen LogP contribution in [0.2, 0.25) is 5.02 Å². The second-order valence-electron chi connectivity index (χ2n) is 2.86. The van der Waals surface area contributed by atoms with Gasteiger partial charge in [0.2, 0.25) is 0 Å². The van der Waals surface area contributed by atoms with E-state index in [1.54, 1.807) is 12.1 Å². The predicted octanol–water partition coefficient (Wildman–Crippen LogP) is 1.42. The van der Waals surface area contributed by atoms with Crippen LogP contribution in [0.1, 0.15) is 10.5 Å². The van der Waals surface area contributed by atoms with Crippen LogP contribution in [0.3, 0.4) is 0 Å². The average Bonchev–Trinajstić information content (AvgIpc) is 2.62. The number of hydrazine groups is 1. The molecule has 4 N–H and O–H groups in total. The van der Waals surface area contributed by atoms with E-state index in [0.29, 0.717) is 10.7 Å². The summed E-state index contributed by atoms with van der Waals surface area (Å²) in [6, 6.07) is 7.14. The summed E-state index contributed by atoms with van der Waals surface area (Å²) in [5.41, 5.74) is 3.19. The van der Waals surface area contributed by atoms with Gasteiger partial charge in [0.1, 0.15) is 5.69 Å². The zero-order valence-electron chi connectivity index (χ0n) is 7.17. The van der Waals surface area contributed by atoms with Gasteiger partial charge >= 0.3 is 0 Å². The Morgan fingerprint density at radius 3 is 2.93 bits per heavy atom. The van der Waals surface area contributed by atoms with Crippen LogP contribution in [0.5, 0.6) is 0 Å². The molecule has 1 amide bonds. The summed E-state index contributed by atoms with van der Waals surface area (Å²) in [6.07, 6.45) is 0.